The van der Waals surface area contributed by atoms with E-state index in [9.17, 15) is 10.1 Å². The van der Waals surface area contributed by atoms with Gasteiger partial charge in [0.2, 0.25) is 0 Å². The van der Waals surface area contributed by atoms with Crippen molar-refractivity contribution in [3.63, 3.8) is 0 Å². The van der Waals surface area contributed by atoms with Crippen molar-refractivity contribution in [3.8, 4) is 0 Å². The molecule has 1 aliphatic heterocycles. The van der Waals surface area contributed by atoms with Crippen LogP contribution in [0.2, 0.25) is 0 Å². The molecule has 2 heterocycles. The molecule has 1 unspecified atom stereocenters. The van der Waals surface area contributed by atoms with Gasteiger partial charge in [-0.15, -0.1) is 0 Å². The van der Waals surface area contributed by atoms with Gasteiger partial charge in [0.15, 0.2) is 5.79 Å². The molecule has 1 saturated heterocycles. The Morgan fingerprint density at radius 2 is 2.35 bits per heavy atom. The van der Waals surface area contributed by atoms with E-state index in [0.29, 0.717) is 29.0 Å². The van der Waals surface area contributed by atoms with E-state index in [2.05, 4.69) is 26.2 Å². The molecular formula is C12H16BrN3O4. The second kappa shape index (κ2) is 5.63. The maximum Gasteiger partial charge on any atom is 0.291 e. The highest BCUT2D eigenvalue weighted by molar-refractivity contribution is 9.10. The van der Waals surface area contributed by atoms with Gasteiger partial charge in [-0.25, -0.2) is 4.98 Å². The first-order valence-corrected chi connectivity index (χ1v) is 6.94. The van der Waals surface area contributed by atoms with Gasteiger partial charge in [-0.05, 0) is 36.7 Å². The fourth-order valence-corrected chi connectivity index (χ4v) is 2.40. The van der Waals surface area contributed by atoms with Crippen LogP contribution in [0.5, 0.6) is 0 Å². The Hall–Kier alpha value is -1.25. The highest BCUT2D eigenvalue weighted by atomic mass is 79.9. The Kier molecular flexibility index (Phi) is 4.26. The van der Waals surface area contributed by atoms with E-state index in [1.54, 1.807) is 6.92 Å². The summed E-state index contributed by atoms with van der Waals surface area (Å²) >= 11 is 3.33. The highest BCUT2D eigenvalue weighted by Crippen LogP contribution is 2.31. The van der Waals surface area contributed by atoms with Crippen LogP contribution in [-0.2, 0) is 9.47 Å². The van der Waals surface area contributed by atoms with Gasteiger partial charge in [-0.3, -0.25) is 10.1 Å². The normalized spacial score (nSPS) is 20.9. The minimum Gasteiger partial charge on any atom is -0.366 e. The number of rotatable bonds is 4. The molecule has 110 valence electrons. The second-order valence-corrected chi connectivity index (χ2v) is 5.81. The summed E-state index contributed by atoms with van der Waals surface area (Å²) in [7, 11) is 0. The molecule has 20 heavy (non-hydrogen) atoms. The number of anilines is 1. The van der Waals surface area contributed by atoms with Crippen molar-refractivity contribution in [1.29, 1.82) is 0 Å². The van der Waals surface area contributed by atoms with Crippen molar-refractivity contribution >= 4 is 27.4 Å². The quantitative estimate of drug-likeness (QED) is 0.666. The highest BCUT2D eigenvalue weighted by Gasteiger charge is 2.32. The molecule has 1 N–H and O–H groups in total. The van der Waals surface area contributed by atoms with Gasteiger partial charge in [-0.1, -0.05) is 0 Å². The van der Waals surface area contributed by atoms with E-state index in [4.69, 9.17) is 9.47 Å². The van der Waals surface area contributed by atoms with E-state index in [1.807, 2.05) is 13.8 Å². The van der Waals surface area contributed by atoms with Gasteiger partial charge in [-0.2, -0.15) is 0 Å². The lowest BCUT2D eigenvalue weighted by Crippen LogP contribution is -2.26. The first-order valence-electron chi connectivity index (χ1n) is 6.15. The third kappa shape index (κ3) is 3.25. The largest absolute Gasteiger partial charge is 0.366 e. The van der Waals surface area contributed by atoms with Crippen LogP contribution in [0, 0.1) is 17.0 Å². The van der Waals surface area contributed by atoms with Crippen LogP contribution in [0.25, 0.3) is 0 Å². The first kappa shape index (κ1) is 15.1. The van der Waals surface area contributed by atoms with Gasteiger partial charge in [0.1, 0.15) is 18.1 Å². The van der Waals surface area contributed by atoms with Crippen molar-refractivity contribution in [3.05, 3.63) is 26.3 Å². The lowest BCUT2D eigenvalue weighted by Gasteiger charge is -2.17. The monoisotopic (exact) mass is 345 g/mol. The number of nitrogens with one attached hydrogen (secondary N) is 1. The maximum atomic E-state index is 10.8. The summed E-state index contributed by atoms with van der Waals surface area (Å²) in [6.07, 6.45) is 1.17. The van der Waals surface area contributed by atoms with Crippen LogP contribution in [0.3, 0.4) is 0 Å². The van der Waals surface area contributed by atoms with Crippen LogP contribution < -0.4 is 5.32 Å². The van der Waals surface area contributed by atoms with E-state index >= 15 is 0 Å². The van der Waals surface area contributed by atoms with Crippen LogP contribution in [0.1, 0.15) is 19.4 Å². The molecule has 1 fully saturated rings. The third-order valence-electron chi connectivity index (χ3n) is 3.00. The van der Waals surface area contributed by atoms with Gasteiger partial charge in [0.25, 0.3) is 5.69 Å². The van der Waals surface area contributed by atoms with E-state index in [0.717, 1.165) is 0 Å². The zero-order valence-corrected chi connectivity index (χ0v) is 13.1. The molecule has 1 aromatic rings. The molecule has 2 rings (SSSR count). The number of hydrogen-bond acceptors (Lipinski definition) is 6. The van der Waals surface area contributed by atoms with Gasteiger partial charge < -0.3 is 14.8 Å². The summed E-state index contributed by atoms with van der Waals surface area (Å²) in [5, 5.41) is 13.9. The van der Waals surface area contributed by atoms with Crippen LogP contribution in [-0.4, -0.2) is 35.0 Å². The molecule has 1 aliphatic rings. The molecular weight excluding hydrogens is 330 g/mol. The molecule has 0 amide bonds. The summed E-state index contributed by atoms with van der Waals surface area (Å²) in [4.78, 5) is 14.4. The zero-order chi connectivity index (χ0) is 14.9. The summed E-state index contributed by atoms with van der Waals surface area (Å²) in [5.74, 6) is -0.0102. The SMILES string of the molecule is Cc1c([N+](=O)[O-])cnc(NCC2COC(C)(C)O2)c1Br. The zero-order valence-electron chi connectivity index (χ0n) is 11.5. The Morgan fingerprint density at radius 3 is 2.90 bits per heavy atom. The summed E-state index contributed by atoms with van der Waals surface area (Å²) < 4.78 is 11.7. The van der Waals surface area contributed by atoms with Crippen molar-refractivity contribution in [2.75, 3.05) is 18.5 Å². The Morgan fingerprint density at radius 1 is 1.65 bits per heavy atom. The number of hydrogen-bond donors (Lipinski definition) is 1. The van der Waals surface area contributed by atoms with Crippen LogP contribution >= 0.6 is 15.9 Å². The number of pyridine rings is 1. The summed E-state index contributed by atoms with van der Waals surface area (Å²) in [6.45, 7) is 6.41. The Bertz CT molecular complexity index is 536. The molecule has 0 aliphatic carbocycles. The molecule has 0 radical (unpaired) electrons. The Labute approximate surface area is 124 Å². The summed E-state index contributed by atoms with van der Waals surface area (Å²) in [5.41, 5.74) is 0.528. The van der Waals surface area contributed by atoms with Crippen molar-refractivity contribution in [2.45, 2.75) is 32.7 Å². The fourth-order valence-electron chi connectivity index (χ4n) is 1.95. The van der Waals surface area contributed by atoms with Crippen molar-refractivity contribution in [1.82, 2.24) is 4.98 Å². The number of aromatic nitrogens is 1. The molecule has 1 aromatic heterocycles. The lowest BCUT2D eigenvalue weighted by atomic mass is 10.2. The topological polar surface area (TPSA) is 86.5 Å². The maximum absolute atomic E-state index is 10.8. The van der Waals surface area contributed by atoms with Gasteiger partial charge in [0, 0.05) is 12.1 Å². The van der Waals surface area contributed by atoms with Crippen LogP contribution in [0.15, 0.2) is 10.7 Å². The smallest absolute Gasteiger partial charge is 0.291 e. The van der Waals surface area contributed by atoms with E-state index in [-0.39, 0.29) is 11.8 Å². The van der Waals surface area contributed by atoms with E-state index in [1.165, 1.54) is 6.20 Å². The predicted octanol–water partition coefficient (Wildman–Crippen LogP) is 2.62. The number of ether oxygens (including phenoxy) is 2. The average Bonchev–Trinajstić information content (AvgIpc) is 2.70. The molecule has 1 atom stereocenters. The minimum absolute atomic E-state index is 0.0102. The summed E-state index contributed by atoms with van der Waals surface area (Å²) in [6, 6.07) is 0. The third-order valence-corrected chi connectivity index (χ3v) is 3.97. The number of nitrogens with zero attached hydrogens (tertiary/aromatic N) is 2. The molecule has 0 bridgehead atoms. The van der Waals surface area contributed by atoms with E-state index < -0.39 is 10.7 Å². The minimum atomic E-state index is -0.567. The molecule has 7 nitrogen and oxygen atoms in total. The predicted molar refractivity (Wildman–Crippen MR) is 76.7 cm³/mol. The van der Waals surface area contributed by atoms with Crippen LogP contribution in [0.4, 0.5) is 11.5 Å². The van der Waals surface area contributed by atoms with Crippen molar-refractivity contribution < 1.29 is 14.4 Å². The average molecular weight is 346 g/mol. The fraction of sp³-hybridized carbons (Fsp3) is 0.583. The molecule has 8 heteroatoms. The second-order valence-electron chi connectivity index (χ2n) is 5.02. The lowest BCUT2D eigenvalue weighted by molar-refractivity contribution is -0.385. The number of nitro groups is 1. The first-order chi connectivity index (χ1) is 9.30. The molecule has 0 saturated carbocycles. The molecule has 0 spiro atoms. The van der Waals surface area contributed by atoms with Gasteiger partial charge >= 0.3 is 0 Å². The standard InChI is InChI=1S/C12H16BrN3O4/c1-7-9(16(17)18)5-15-11(10(7)13)14-4-8-6-19-12(2,3)20-8/h5,8H,4,6H2,1-3H3,(H,14,15). The van der Waals surface area contributed by atoms with Crippen molar-refractivity contribution in [2.24, 2.45) is 0 Å². The molecule has 0 aromatic carbocycles. The van der Waals surface area contributed by atoms with Gasteiger partial charge in [0.05, 0.1) is 16.0 Å². The number of halogens is 1. The Balaban J connectivity index is 2.04.